The topological polar surface area (TPSA) is 66.5 Å². The van der Waals surface area contributed by atoms with Gasteiger partial charge in [-0.15, -0.1) is 0 Å². The molecule has 96 valence electrons. The van der Waals surface area contributed by atoms with Crippen molar-refractivity contribution in [3.8, 4) is 0 Å². The Kier molecular flexibility index (Phi) is 3.23. The fourth-order valence-electron chi connectivity index (χ4n) is 1.78. The van der Waals surface area contributed by atoms with E-state index >= 15 is 0 Å². The SMILES string of the molecule is Clc1cccc(CNc2nc(Cl)nc3[nH]ncc23)c1. The molecule has 0 aliphatic carbocycles. The second kappa shape index (κ2) is 5.03. The Morgan fingerprint density at radius 3 is 2.95 bits per heavy atom. The lowest BCUT2D eigenvalue weighted by atomic mass is 10.2. The summed E-state index contributed by atoms with van der Waals surface area (Å²) in [6, 6.07) is 7.61. The molecule has 0 aliphatic rings. The smallest absolute Gasteiger partial charge is 0.226 e. The molecule has 0 aliphatic heterocycles. The van der Waals surface area contributed by atoms with E-state index in [4.69, 9.17) is 23.2 Å². The van der Waals surface area contributed by atoms with E-state index in [1.807, 2.05) is 24.3 Å². The first-order chi connectivity index (χ1) is 9.22. The van der Waals surface area contributed by atoms with E-state index in [1.165, 1.54) is 0 Å². The van der Waals surface area contributed by atoms with Gasteiger partial charge in [-0.2, -0.15) is 15.1 Å². The van der Waals surface area contributed by atoms with Crippen molar-refractivity contribution in [3.63, 3.8) is 0 Å². The molecule has 5 nitrogen and oxygen atoms in total. The van der Waals surface area contributed by atoms with Crippen molar-refractivity contribution in [3.05, 3.63) is 46.3 Å². The number of fused-ring (bicyclic) bond motifs is 1. The van der Waals surface area contributed by atoms with Crippen molar-refractivity contribution in [2.75, 3.05) is 5.32 Å². The van der Waals surface area contributed by atoms with Crippen LogP contribution >= 0.6 is 23.2 Å². The number of H-pyrrole nitrogens is 1. The summed E-state index contributed by atoms with van der Waals surface area (Å²) in [6.45, 7) is 0.591. The normalized spacial score (nSPS) is 10.8. The zero-order valence-corrected chi connectivity index (χ0v) is 11.2. The van der Waals surface area contributed by atoms with E-state index in [2.05, 4.69) is 25.5 Å². The molecule has 0 unspecified atom stereocenters. The van der Waals surface area contributed by atoms with Gasteiger partial charge >= 0.3 is 0 Å². The molecule has 0 saturated carbocycles. The molecule has 0 bridgehead atoms. The maximum atomic E-state index is 5.94. The highest BCUT2D eigenvalue weighted by molar-refractivity contribution is 6.30. The Hall–Kier alpha value is -1.85. The van der Waals surface area contributed by atoms with Crippen LogP contribution in [0.4, 0.5) is 5.82 Å². The van der Waals surface area contributed by atoms with Crippen LogP contribution in [0.1, 0.15) is 5.56 Å². The largest absolute Gasteiger partial charge is 0.365 e. The van der Waals surface area contributed by atoms with Gasteiger partial charge < -0.3 is 5.32 Å². The zero-order chi connectivity index (χ0) is 13.2. The summed E-state index contributed by atoms with van der Waals surface area (Å²) in [5.74, 6) is 0.642. The van der Waals surface area contributed by atoms with Gasteiger partial charge in [-0.1, -0.05) is 23.7 Å². The lowest BCUT2D eigenvalue weighted by molar-refractivity contribution is 1.08. The lowest BCUT2D eigenvalue weighted by Gasteiger charge is -2.07. The van der Waals surface area contributed by atoms with Crippen LogP contribution in [0.3, 0.4) is 0 Å². The molecule has 0 saturated heterocycles. The van der Waals surface area contributed by atoms with Crippen LogP contribution in [0.5, 0.6) is 0 Å². The van der Waals surface area contributed by atoms with Gasteiger partial charge in [0.25, 0.3) is 0 Å². The molecule has 19 heavy (non-hydrogen) atoms. The number of benzene rings is 1. The number of halogens is 2. The quantitative estimate of drug-likeness (QED) is 0.727. The zero-order valence-electron chi connectivity index (χ0n) is 9.69. The number of aromatic amines is 1. The number of hydrogen-bond donors (Lipinski definition) is 2. The van der Waals surface area contributed by atoms with Gasteiger partial charge in [-0.05, 0) is 29.3 Å². The van der Waals surface area contributed by atoms with Gasteiger partial charge in [0.05, 0.1) is 11.6 Å². The molecule has 1 aromatic carbocycles. The first-order valence-electron chi connectivity index (χ1n) is 5.57. The number of nitrogens with zero attached hydrogens (tertiary/aromatic N) is 3. The van der Waals surface area contributed by atoms with Crippen LogP contribution in [-0.4, -0.2) is 20.2 Å². The molecule has 2 N–H and O–H groups in total. The summed E-state index contributed by atoms with van der Waals surface area (Å²) < 4.78 is 0. The van der Waals surface area contributed by atoms with Crippen LogP contribution < -0.4 is 5.32 Å². The van der Waals surface area contributed by atoms with E-state index in [-0.39, 0.29) is 5.28 Å². The van der Waals surface area contributed by atoms with Crippen molar-refractivity contribution in [2.45, 2.75) is 6.54 Å². The predicted octanol–water partition coefficient (Wildman–Crippen LogP) is 3.27. The number of anilines is 1. The highest BCUT2D eigenvalue weighted by atomic mass is 35.5. The summed E-state index contributed by atoms with van der Waals surface area (Å²) in [5.41, 5.74) is 1.66. The third-order valence-corrected chi connectivity index (χ3v) is 3.04. The molecule has 0 amide bonds. The van der Waals surface area contributed by atoms with Crippen LogP contribution in [0.25, 0.3) is 11.0 Å². The molecule has 0 spiro atoms. The first kappa shape index (κ1) is 12.2. The molecule has 0 atom stereocenters. The average Bonchev–Trinajstić information content (AvgIpc) is 2.84. The molecule has 7 heteroatoms. The summed E-state index contributed by atoms with van der Waals surface area (Å²) in [4.78, 5) is 8.20. The fraction of sp³-hybridized carbons (Fsp3) is 0.0833. The van der Waals surface area contributed by atoms with E-state index < -0.39 is 0 Å². The Balaban J connectivity index is 1.87. The minimum absolute atomic E-state index is 0.172. The van der Waals surface area contributed by atoms with Gasteiger partial charge in [-0.25, -0.2) is 0 Å². The molecular formula is C12H9Cl2N5. The van der Waals surface area contributed by atoms with E-state index in [0.29, 0.717) is 23.0 Å². The number of nitrogens with one attached hydrogen (secondary N) is 2. The number of aromatic nitrogens is 4. The van der Waals surface area contributed by atoms with Gasteiger partial charge in [-0.3, -0.25) is 5.10 Å². The maximum absolute atomic E-state index is 5.94. The van der Waals surface area contributed by atoms with E-state index in [0.717, 1.165) is 10.9 Å². The molecule has 0 radical (unpaired) electrons. The third kappa shape index (κ3) is 2.62. The van der Waals surface area contributed by atoms with Crippen molar-refractivity contribution in [1.29, 1.82) is 0 Å². The Labute approximate surface area is 119 Å². The second-order valence-corrected chi connectivity index (χ2v) is 4.73. The van der Waals surface area contributed by atoms with Crippen LogP contribution in [0.2, 0.25) is 10.3 Å². The molecule has 3 aromatic rings. The minimum Gasteiger partial charge on any atom is -0.365 e. The minimum atomic E-state index is 0.172. The summed E-state index contributed by atoms with van der Waals surface area (Å²) in [7, 11) is 0. The maximum Gasteiger partial charge on any atom is 0.226 e. The lowest BCUT2D eigenvalue weighted by Crippen LogP contribution is -2.02. The van der Waals surface area contributed by atoms with Crippen LogP contribution in [-0.2, 0) is 6.54 Å². The summed E-state index contributed by atoms with van der Waals surface area (Å²) in [5, 5.41) is 11.6. The Morgan fingerprint density at radius 2 is 2.11 bits per heavy atom. The van der Waals surface area contributed by atoms with E-state index in [9.17, 15) is 0 Å². The number of rotatable bonds is 3. The summed E-state index contributed by atoms with van der Waals surface area (Å²) >= 11 is 11.8. The van der Waals surface area contributed by atoms with Crippen LogP contribution in [0.15, 0.2) is 30.5 Å². The van der Waals surface area contributed by atoms with Crippen molar-refractivity contribution >= 4 is 40.1 Å². The van der Waals surface area contributed by atoms with Crippen molar-refractivity contribution < 1.29 is 0 Å². The van der Waals surface area contributed by atoms with E-state index in [1.54, 1.807) is 6.20 Å². The highest BCUT2D eigenvalue weighted by Gasteiger charge is 2.08. The molecule has 2 aromatic heterocycles. The predicted molar refractivity (Wildman–Crippen MR) is 75.5 cm³/mol. The molecular weight excluding hydrogens is 285 g/mol. The van der Waals surface area contributed by atoms with Crippen LogP contribution in [0, 0.1) is 0 Å². The molecule has 3 rings (SSSR count). The molecule has 2 heterocycles. The van der Waals surface area contributed by atoms with Gasteiger partial charge in [0.2, 0.25) is 5.28 Å². The second-order valence-electron chi connectivity index (χ2n) is 3.96. The number of hydrogen-bond acceptors (Lipinski definition) is 4. The van der Waals surface area contributed by atoms with Gasteiger partial charge in [0, 0.05) is 11.6 Å². The average molecular weight is 294 g/mol. The van der Waals surface area contributed by atoms with Gasteiger partial charge in [0.1, 0.15) is 5.82 Å². The highest BCUT2D eigenvalue weighted by Crippen LogP contribution is 2.21. The Morgan fingerprint density at radius 1 is 1.21 bits per heavy atom. The van der Waals surface area contributed by atoms with Crippen molar-refractivity contribution in [1.82, 2.24) is 20.2 Å². The Bertz CT molecular complexity index is 725. The third-order valence-electron chi connectivity index (χ3n) is 2.63. The van der Waals surface area contributed by atoms with Gasteiger partial charge in [0.15, 0.2) is 5.65 Å². The summed E-state index contributed by atoms with van der Waals surface area (Å²) in [6.07, 6.45) is 1.66. The first-order valence-corrected chi connectivity index (χ1v) is 6.33. The standard InChI is InChI=1S/C12H9Cl2N5/c13-8-3-1-2-7(4-8)5-15-10-9-6-16-19-11(9)18-12(14)17-10/h1-4,6H,5H2,(H2,15,16,17,18,19). The monoisotopic (exact) mass is 293 g/mol. The molecule has 0 fully saturated rings. The fourth-order valence-corrected chi connectivity index (χ4v) is 2.16. The van der Waals surface area contributed by atoms with Crippen molar-refractivity contribution in [2.24, 2.45) is 0 Å².